The zero-order valence-corrected chi connectivity index (χ0v) is 17.6. The summed E-state index contributed by atoms with van der Waals surface area (Å²) in [4.78, 5) is 28.7. The van der Waals surface area contributed by atoms with E-state index in [-0.39, 0.29) is 11.8 Å². The third kappa shape index (κ3) is 5.77. The zero-order valence-electron chi connectivity index (χ0n) is 16.8. The molecule has 0 fully saturated rings. The van der Waals surface area contributed by atoms with Crippen LogP contribution < -0.4 is 15.4 Å². The third-order valence-electron chi connectivity index (χ3n) is 4.07. The molecule has 6 nitrogen and oxygen atoms in total. The van der Waals surface area contributed by atoms with Crippen molar-refractivity contribution < 1.29 is 14.3 Å². The van der Waals surface area contributed by atoms with Crippen LogP contribution in [0.25, 0.3) is 10.2 Å². The number of anilines is 2. The van der Waals surface area contributed by atoms with Crippen molar-refractivity contribution in [1.82, 2.24) is 4.98 Å². The summed E-state index contributed by atoms with van der Waals surface area (Å²) in [6.45, 7) is 6.77. The van der Waals surface area contributed by atoms with Crippen LogP contribution in [0.4, 0.5) is 10.8 Å². The maximum absolute atomic E-state index is 12.5. The van der Waals surface area contributed by atoms with Crippen molar-refractivity contribution in [2.45, 2.75) is 33.6 Å². The highest BCUT2D eigenvalue weighted by molar-refractivity contribution is 7.22. The van der Waals surface area contributed by atoms with E-state index in [4.69, 9.17) is 4.74 Å². The Kier molecular flexibility index (Phi) is 6.82. The Bertz CT molecular complexity index is 996. The lowest BCUT2D eigenvalue weighted by molar-refractivity contribution is -0.116. The van der Waals surface area contributed by atoms with Gasteiger partial charge in [0.15, 0.2) is 5.13 Å². The number of benzene rings is 2. The maximum atomic E-state index is 12.5. The van der Waals surface area contributed by atoms with Gasteiger partial charge in [-0.15, -0.1) is 0 Å². The van der Waals surface area contributed by atoms with E-state index in [1.165, 1.54) is 11.3 Å². The second kappa shape index (κ2) is 9.52. The van der Waals surface area contributed by atoms with Gasteiger partial charge < -0.3 is 15.4 Å². The molecule has 0 saturated carbocycles. The van der Waals surface area contributed by atoms with Gasteiger partial charge >= 0.3 is 0 Å². The molecule has 0 aliphatic rings. The lowest BCUT2D eigenvalue weighted by atomic mass is 10.2. The number of hydrogen-bond donors (Lipinski definition) is 2. The van der Waals surface area contributed by atoms with E-state index in [1.54, 1.807) is 30.3 Å². The van der Waals surface area contributed by atoms with Gasteiger partial charge in [-0.05, 0) is 54.8 Å². The molecule has 2 aromatic carbocycles. The van der Waals surface area contributed by atoms with Crippen LogP contribution in [0.2, 0.25) is 0 Å². The van der Waals surface area contributed by atoms with Crippen molar-refractivity contribution in [3.63, 3.8) is 0 Å². The number of nitrogens with zero attached hydrogens (tertiary/aromatic N) is 1. The molecule has 0 unspecified atom stereocenters. The smallest absolute Gasteiger partial charge is 0.255 e. The summed E-state index contributed by atoms with van der Waals surface area (Å²) < 4.78 is 6.54. The van der Waals surface area contributed by atoms with E-state index in [1.807, 2.05) is 19.1 Å². The Morgan fingerprint density at radius 2 is 1.86 bits per heavy atom. The van der Waals surface area contributed by atoms with Crippen LogP contribution in [0.3, 0.4) is 0 Å². The van der Waals surface area contributed by atoms with E-state index in [0.29, 0.717) is 35.3 Å². The number of carbonyl (C=O) groups excluding carboxylic acids is 2. The fourth-order valence-corrected chi connectivity index (χ4v) is 3.55. The fourth-order valence-electron chi connectivity index (χ4n) is 2.63. The first kappa shape index (κ1) is 20.8. The van der Waals surface area contributed by atoms with Crippen LogP contribution in [-0.4, -0.2) is 23.4 Å². The van der Waals surface area contributed by atoms with Crippen LogP contribution in [-0.2, 0) is 4.79 Å². The van der Waals surface area contributed by atoms with Crippen molar-refractivity contribution in [3.05, 3.63) is 48.0 Å². The normalized spacial score (nSPS) is 10.9. The van der Waals surface area contributed by atoms with E-state index in [0.717, 1.165) is 22.4 Å². The van der Waals surface area contributed by atoms with E-state index < -0.39 is 0 Å². The van der Waals surface area contributed by atoms with E-state index in [9.17, 15) is 9.59 Å². The van der Waals surface area contributed by atoms with Crippen molar-refractivity contribution >= 4 is 44.2 Å². The molecule has 2 N–H and O–H groups in total. The molecule has 0 atom stereocenters. The molecule has 7 heteroatoms. The zero-order chi connectivity index (χ0) is 20.8. The van der Waals surface area contributed by atoms with Crippen molar-refractivity contribution in [2.75, 3.05) is 17.2 Å². The predicted octanol–water partition coefficient (Wildman–Crippen LogP) is 5.32. The summed E-state index contributed by atoms with van der Waals surface area (Å²) in [6.07, 6.45) is 1.26. The average molecular weight is 412 g/mol. The van der Waals surface area contributed by atoms with Gasteiger partial charge in [0.1, 0.15) is 5.75 Å². The highest BCUT2D eigenvalue weighted by atomic mass is 32.1. The summed E-state index contributed by atoms with van der Waals surface area (Å²) in [6, 6.07) is 12.6. The highest BCUT2D eigenvalue weighted by Crippen LogP contribution is 2.28. The molecule has 1 heterocycles. The Balaban J connectivity index is 1.66. The molecule has 0 saturated heterocycles. The lowest BCUT2D eigenvalue weighted by Gasteiger charge is -2.09. The van der Waals surface area contributed by atoms with Crippen LogP contribution in [0.15, 0.2) is 42.5 Å². The minimum absolute atomic E-state index is 0.0408. The second-order valence-electron chi connectivity index (χ2n) is 7.18. The summed E-state index contributed by atoms with van der Waals surface area (Å²) in [5.41, 5.74) is 2.02. The van der Waals surface area contributed by atoms with Crippen molar-refractivity contribution in [1.29, 1.82) is 0 Å². The fraction of sp³-hybridized carbons (Fsp3) is 0.318. The van der Waals surface area contributed by atoms with Crippen molar-refractivity contribution in [2.24, 2.45) is 5.92 Å². The summed E-state index contributed by atoms with van der Waals surface area (Å²) in [5, 5.41) is 6.28. The molecule has 152 valence electrons. The van der Waals surface area contributed by atoms with Gasteiger partial charge in [0.2, 0.25) is 5.91 Å². The molecule has 2 amide bonds. The first-order valence-electron chi connectivity index (χ1n) is 9.69. The van der Waals surface area contributed by atoms with Crippen molar-refractivity contribution in [3.8, 4) is 5.75 Å². The van der Waals surface area contributed by atoms with Gasteiger partial charge in [0.25, 0.3) is 5.91 Å². The van der Waals surface area contributed by atoms with Gasteiger partial charge in [-0.2, -0.15) is 0 Å². The van der Waals surface area contributed by atoms with Crippen LogP contribution in [0.5, 0.6) is 5.75 Å². The predicted molar refractivity (Wildman–Crippen MR) is 118 cm³/mol. The van der Waals surface area contributed by atoms with E-state index >= 15 is 0 Å². The first-order chi connectivity index (χ1) is 13.9. The Morgan fingerprint density at radius 1 is 1.10 bits per heavy atom. The number of thiazole rings is 1. The summed E-state index contributed by atoms with van der Waals surface area (Å²) in [5.74, 6) is 0.959. The number of nitrogens with one attached hydrogen (secondary N) is 2. The van der Waals surface area contributed by atoms with Gasteiger partial charge in [0, 0.05) is 17.7 Å². The number of carbonyl (C=O) groups is 2. The summed E-state index contributed by atoms with van der Waals surface area (Å²) in [7, 11) is 0. The number of rotatable bonds is 8. The number of aromatic nitrogens is 1. The molecule has 3 rings (SSSR count). The van der Waals surface area contributed by atoms with Gasteiger partial charge in [-0.3, -0.25) is 9.59 Å². The van der Waals surface area contributed by atoms with Gasteiger partial charge in [-0.25, -0.2) is 4.98 Å². The Hall–Kier alpha value is -2.93. The minimum atomic E-state index is -0.194. The average Bonchev–Trinajstić information content (AvgIpc) is 3.08. The summed E-state index contributed by atoms with van der Waals surface area (Å²) >= 11 is 1.39. The molecular formula is C22H25N3O3S. The molecule has 0 spiro atoms. The van der Waals surface area contributed by atoms with Gasteiger partial charge in [-0.1, -0.05) is 32.1 Å². The molecular weight excluding hydrogens is 386 g/mol. The Morgan fingerprint density at radius 3 is 2.55 bits per heavy atom. The second-order valence-corrected chi connectivity index (χ2v) is 8.21. The molecule has 1 aromatic heterocycles. The molecule has 0 aliphatic heterocycles. The molecule has 0 bridgehead atoms. The molecule has 3 aromatic rings. The highest BCUT2D eigenvalue weighted by Gasteiger charge is 2.10. The van der Waals surface area contributed by atoms with Gasteiger partial charge in [0.05, 0.1) is 16.8 Å². The number of amides is 2. The number of hydrogen-bond acceptors (Lipinski definition) is 5. The SMILES string of the molecule is CCCC(=O)Nc1nc2ccc(NC(=O)c3ccc(OCC(C)C)cc3)cc2s1. The standard InChI is InChI=1S/C22H25N3O3S/c1-4-5-20(26)25-22-24-18-11-8-16(12-19(18)29-22)23-21(27)15-6-9-17(10-7-15)28-13-14(2)3/h6-12,14H,4-5,13H2,1-3H3,(H,23,27)(H,24,25,26). The lowest BCUT2D eigenvalue weighted by Crippen LogP contribution is -2.11. The molecule has 29 heavy (non-hydrogen) atoms. The van der Waals surface area contributed by atoms with Crippen LogP contribution in [0, 0.1) is 5.92 Å². The Labute approximate surface area is 174 Å². The topological polar surface area (TPSA) is 80.3 Å². The molecule has 0 radical (unpaired) electrons. The minimum Gasteiger partial charge on any atom is -0.493 e. The third-order valence-corrected chi connectivity index (χ3v) is 5.00. The monoisotopic (exact) mass is 411 g/mol. The number of fused-ring (bicyclic) bond motifs is 1. The first-order valence-corrected chi connectivity index (χ1v) is 10.5. The van der Waals surface area contributed by atoms with Crippen LogP contribution >= 0.6 is 11.3 Å². The number of ether oxygens (including phenoxy) is 1. The van der Waals surface area contributed by atoms with Crippen LogP contribution in [0.1, 0.15) is 44.0 Å². The van der Waals surface area contributed by atoms with E-state index in [2.05, 4.69) is 29.5 Å². The quantitative estimate of drug-likeness (QED) is 0.525. The largest absolute Gasteiger partial charge is 0.493 e. The maximum Gasteiger partial charge on any atom is 0.255 e. The molecule has 0 aliphatic carbocycles.